The zero-order valence-electron chi connectivity index (χ0n) is 14.6. The molecule has 0 radical (unpaired) electrons. The third-order valence-electron chi connectivity index (χ3n) is 5.65. The van der Waals surface area contributed by atoms with Gasteiger partial charge in [-0.2, -0.15) is 5.10 Å². The molecule has 1 aliphatic carbocycles. The van der Waals surface area contributed by atoms with Crippen molar-refractivity contribution in [3.8, 4) is 5.69 Å². The summed E-state index contributed by atoms with van der Waals surface area (Å²) in [6, 6.07) is 7.08. The fourth-order valence-corrected chi connectivity index (χ4v) is 4.37. The lowest BCUT2D eigenvalue weighted by atomic mass is 9.99. The Morgan fingerprint density at radius 1 is 1.12 bits per heavy atom. The second kappa shape index (κ2) is 7.26. The Kier molecular flexibility index (Phi) is 4.86. The number of aliphatic hydroxyl groups excluding tert-OH is 1. The van der Waals surface area contributed by atoms with Gasteiger partial charge in [0.25, 0.3) is 0 Å². The van der Waals surface area contributed by atoms with Crippen LogP contribution in [0.1, 0.15) is 49.1 Å². The number of halogens is 1. The predicted octanol–water partition coefficient (Wildman–Crippen LogP) is 3.24. The van der Waals surface area contributed by atoms with E-state index in [1.54, 1.807) is 12.1 Å². The van der Waals surface area contributed by atoms with E-state index in [1.807, 2.05) is 4.68 Å². The highest BCUT2D eigenvalue weighted by Gasteiger charge is 2.27. The molecule has 1 aromatic carbocycles. The summed E-state index contributed by atoms with van der Waals surface area (Å²) in [5, 5.41) is 14.3. The molecule has 0 spiro atoms. The molecule has 2 heterocycles. The van der Waals surface area contributed by atoms with Crippen LogP contribution in [0.5, 0.6) is 0 Å². The van der Waals surface area contributed by atoms with Gasteiger partial charge in [-0.1, -0.05) is 6.42 Å². The van der Waals surface area contributed by atoms with E-state index >= 15 is 0 Å². The maximum Gasteiger partial charge on any atom is 0.123 e. The first kappa shape index (κ1) is 16.7. The van der Waals surface area contributed by atoms with Crippen LogP contribution in [0.15, 0.2) is 24.3 Å². The van der Waals surface area contributed by atoms with Gasteiger partial charge in [0.2, 0.25) is 0 Å². The SMILES string of the molecule is OCCC1CCCCN1Cc1nn(-c2ccc(F)cc2)c2c1CCC2. The van der Waals surface area contributed by atoms with E-state index in [0.717, 1.165) is 38.0 Å². The molecule has 1 N–H and O–H groups in total. The van der Waals surface area contributed by atoms with Crippen LogP contribution in [0, 0.1) is 5.82 Å². The van der Waals surface area contributed by atoms with Crippen molar-refractivity contribution in [3.63, 3.8) is 0 Å². The van der Waals surface area contributed by atoms with E-state index in [-0.39, 0.29) is 12.4 Å². The Morgan fingerprint density at radius 3 is 2.76 bits per heavy atom. The first-order valence-corrected chi connectivity index (χ1v) is 9.47. The van der Waals surface area contributed by atoms with Gasteiger partial charge in [-0.15, -0.1) is 0 Å². The first-order chi connectivity index (χ1) is 12.3. The summed E-state index contributed by atoms with van der Waals surface area (Å²) in [6.07, 6.45) is 7.79. The topological polar surface area (TPSA) is 41.3 Å². The number of likely N-dealkylation sites (tertiary alicyclic amines) is 1. The van der Waals surface area contributed by atoms with Crippen LogP contribution < -0.4 is 0 Å². The van der Waals surface area contributed by atoms with Gasteiger partial charge in [-0.05, 0) is 74.9 Å². The highest BCUT2D eigenvalue weighted by atomic mass is 19.1. The molecule has 1 aromatic heterocycles. The molecule has 4 rings (SSSR count). The van der Waals surface area contributed by atoms with Crippen molar-refractivity contribution in [2.24, 2.45) is 0 Å². The van der Waals surface area contributed by atoms with Crippen molar-refractivity contribution in [2.75, 3.05) is 13.2 Å². The molecule has 25 heavy (non-hydrogen) atoms. The monoisotopic (exact) mass is 343 g/mol. The van der Waals surface area contributed by atoms with Crippen molar-refractivity contribution >= 4 is 0 Å². The minimum absolute atomic E-state index is 0.215. The summed E-state index contributed by atoms with van der Waals surface area (Å²) in [5.41, 5.74) is 4.79. The molecule has 4 nitrogen and oxygen atoms in total. The summed E-state index contributed by atoms with van der Waals surface area (Å²) in [6.45, 7) is 2.20. The third kappa shape index (κ3) is 3.35. The number of fused-ring (bicyclic) bond motifs is 1. The molecule has 5 heteroatoms. The van der Waals surface area contributed by atoms with Crippen LogP contribution in [-0.2, 0) is 19.4 Å². The van der Waals surface area contributed by atoms with E-state index < -0.39 is 0 Å². The lowest BCUT2D eigenvalue weighted by Gasteiger charge is -2.35. The minimum Gasteiger partial charge on any atom is -0.396 e. The maximum atomic E-state index is 13.2. The average molecular weight is 343 g/mol. The largest absolute Gasteiger partial charge is 0.396 e. The molecular formula is C20H26FN3O. The van der Waals surface area contributed by atoms with Gasteiger partial charge in [-0.25, -0.2) is 9.07 Å². The molecule has 2 aliphatic rings. The van der Waals surface area contributed by atoms with Gasteiger partial charge in [-0.3, -0.25) is 4.90 Å². The molecular weight excluding hydrogens is 317 g/mol. The second-order valence-corrected chi connectivity index (χ2v) is 7.25. The quantitative estimate of drug-likeness (QED) is 0.906. The lowest BCUT2D eigenvalue weighted by Crippen LogP contribution is -2.39. The normalized spacial score (nSPS) is 20.8. The van der Waals surface area contributed by atoms with Gasteiger partial charge in [0.1, 0.15) is 5.82 Å². The van der Waals surface area contributed by atoms with E-state index in [1.165, 1.54) is 54.8 Å². The van der Waals surface area contributed by atoms with Crippen molar-refractivity contribution in [3.05, 3.63) is 47.0 Å². The molecule has 0 amide bonds. The Hall–Kier alpha value is -1.72. The smallest absolute Gasteiger partial charge is 0.123 e. The van der Waals surface area contributed by atoms with E-state index in [4.69, 9.17) is 5.10 Å². The molecule has 1 aliphatic heterocycles. The summed E-state index contributed by atoms with van der Waals surface area (Å²) in [4.78, 5) is 2.50. The summed E-state index contributed by atoms with van der Waals surface area (Å²) in [5.74, 6) is -0.215. The zero-order chi connectivity index (χ0) is 17.2. The van der Waals surface area contributed by atoms with E-state index in [2.05, 4.69) is 4.90 Å². The number of aliphatic hydroxyl groups is 1. The third-order valence-corrected chi connectivity index (χ3v) is 5.65. The molecule has 134 valence electrons. The van der Waals surface area contributed by atoms with Crippen molar-refractivity contribution < 1.29 is 9.50 Å². The first-order valence-electron chi connectivity index (χ1n) is 9.47. The van der Waals surface area contributed by atoms with Gasteiger partial charge in [0.05, 0.1) is 11.4 Å². The Balaban J connectivity index is 1.62. The van der Waals surface area contributed by atoms with Crippen molar-refractivity contribution in [2.45, 2.75) is 57.5 Å². The number of benzene rings is 1. The average Bonchev–Trinajstić information content (AvgIpc) is 3.22. The lowest BCUT2D eigenvalue weighted by molar-refractivity contribution is 0.111. The molecule has 1 saturated heterocycles. The molecule has 1 fully saturated rings. The molecule has 0 bridgehead atoms. The van der Waals surface area contributed by atoms with Crippen molar-refractivity contribution in [1.29, 1.82) is 0 Å². The molecule has 2 aromatic rings. The number of aromatic nitrogens is 2. The number of nitrogens with zero attached hydrogens (tertiary/aromatic N) is 3. The highest BCUT2D eigenvalue weighted by Crippen LogP contribution is 2.30. The van der Waals surface area contributed by atoms with Crippen LogP contribution in [-0.4, -0.2) is 39.0 Å². The highest BCUT2D eigenvalue weighted by molar-refractivity contribution is 5.40. The van der Waals surface area contributed by atoms with Crippen LogP contribution in [0.4, 0.5) is 4.39 Å². The Morgan fingerprint density at radius 2 is 1.96 bits per heavy atom. The summed E-state index contributed by atoms with van der Waals surface area (Å²) >= 11 is 0. The van der Waals surface area contributed by atoms with E-state index in [0.29, 0.717) is 6.04 Å². The van der Waals surface area contributed by atoms with Crippen LogP contribution >= 0.6 is 0 Å². The van der Waals surface area contributed by atoms with E-state index in [9.17, 15) is 9.50 Å². The molecule has 1 atom stereocenters. The molecule has 1 unspecified atom stereocenters. The van der Waals surface area contributed by atoms with Crippen LogP contribution in [0.3, 0.4) is 0 Å². The zero-order valence-corrected chi connectivity index (χ0v) is 14.6. The van der Waals surface area contributed by atoms with Gasteiger partial charge in [0, 0.05) is 24.9 Å². The second-order valence-electron chi connectivity index (χ2n) is 7.25. The number of rotatable bonds is 5. The minimum atomic E-state index is -0.215. The Labute approximate surface area is 148 Å². The van der Waals surface area contributed by atoms with Crippen molar-refractivity contribution in [1.82, 2.24) is 14.7 Å². The van der Waals surface area contributed by atoms with Gasteiger partial charge in [0.15, 0.2) is 0 Å². The fourth-order valence-electron chi connectivity index (χ4n) is 4.37. The Bertz CT molecular complexity index is 723. The van der Waals surface area contributed by atoms with Crippen LogP contribution in [0.2, 0.25) is 0 Å². The number of hydrogen-bond acceptors (Lipinski definition) is 3. The number of hydrogen-bond donors (Lipinski definition) is 1. The maximum absolute atomic E-state index is 13.2. The fraction of sp³-hybridized carbons (Fsp3) is 0.550. The summed E-state index contributed by atoms with van der Waals surface area (Å²) in [7, 11) is 0. The van der Waals surface area contributed by atoms with Gasteiger partial charge < -0.3 is 5.11 Å². The predicted molar refractivity (Wildman–Crippen MR) is 95.3 cm³/mol. The number of piperidine rings is 1. The summed E-state index contributed by atoms with van der Waals surface area (Å²) < 4.78 is 15.3. The molecule has 0 saturated carbocycles. The van der Waals surface area contributed by atoms with Crippen LogP contribution in [0.25, 0.3) is 5.69 Å². The standard InChI is InChI=1S/C20H26FN3O/c21-15-7-9-17(10-8-15)24-20-6-3-5-18(20)19(22-24)14-23-12-2-1-4-16(23)11-13-25/h7-10,16,25H,1-6,11-14H2. The van der Waals surface area contributed by atoms with Gasteiger partial charge >= 0.3 is 0 Å².